The quantitative estimate of drug-likeness (QED) is 0.607. The summed E-state index contributed by atoms with van der Waals surface area (Å²) in [6.45, 7) is 4.97. The Morgan fingerprint density at radius 1 is 1.43 bits per heavy atom. The molecular weight excluding hydrogens is 278 g/mol. The lowest BCUT2D eigenvalue weighted by Crippen LogP contribution is -2.61. The number of carbonyl (C=O) groups excluding carboxylic acids is 3. The summed E-state index contributed by atoms with van der Waals surface area (Å²) in [5.41, 5.74) is 0. The number of carboxylic acid groups (broad SMARTS) is 1. The van der Waals surface area contributed by atoms with Crippen molar-refractivity contribution in [1.82, 2.24) is 15.5 Å². The van der Waals surface area contributed by atoms with Crippen LogP contribution >= 0.6 is 0 Å². The van der Waals surface area contributed by atoms with E-state index in [1.807, 2.05) is 0 Å². The largest absolute Gasteiger partial charge is 0.481 e. The minimum absolute atomic E-state index is 0.0470. The van der Waals surface area contributed by atoms with Gasteiger partial charge in [-0.1, -0.05) is 20.8 Å². The van der Waals surface area contributed by atoms with Crippen LogP contribution < -0.4 is 10.6 Å². The molecule has 1 rings (SSSR count). The molecule has 0 radical (unpaired) electrons. The first-order valence-corrected chi connectivity index (χ1v) is 6.88. The van der Waals surface area contributed by atoms with Gasteiger partial charge in [-0.25, -0.2) is 4.79 Å². The Kier molecular flexibility index (Phi) is 5.69. The number of hydrogen-bond acceptors (Lipinski definition) is 4. The molecule has 8 heteroatoms. The topological polar surface area (TPSA) is 116 Å². The standard InChI is InChI=1S/C13H21N3O5/c1-4-9-11(18)15-10(17)6-16(9)13(21)14-5-8(7(2)3)12(19)20/h7-9H,4-6H2,1-3H3,(H,14,21)(H,19,20)(H,15,17,18). The van der Waals surface area contributed by atoms with Crippen LogP contribution in [-0.2, 0) is 14.4 Å². The fraction of sp³-hybridized carbons (Fsp3) is 0.692. The van der Waals surface area contributed by atoms with Gasteiger partial charge in [0, 0.05) is 6.54 Å². The normalized spacial score (nSPS) is 20.2. The van der Waals surface area contributed by atoms with E-state index in [1.54, 1.807) is 20.8 Å². The number of urea groups is 1. The molecule has 8 nitrogen and oxygen atoms in total. The van der Waals surface area contributed by atoms with Crippen LogP contribution in [0.2, 0.25) is 0 Å². The number of rotatable bonds is 5. The molecule has 1 aliphatic rings. The number of hydrogen-bond donors (Lipinski definition) is 3. The van der Waals surface area contributed by atoms with E-state index < -0.39 is 35.8 Å². The van der Waals surface area contributed by atoms with Gasteiger partial charge < -0.3 is 15.3 Å². The molecule has 0 aliphatic carbocycles. The van der Waals surface area contributed by atoms with Crippen molar-refractivity contribution in [2.45, 2.75) is 33.2 Å². The predicted molar refractivity (Wildman–Crippen MR) is 73.3 cm³/mol. The molecule has 3 N–H and O–H groups in total. The highest BCUT2D eigenvalue weighted by molar-refractivity contribution is 6.04. The molecule has 0 aromatic rings. The first-order valence-electron chi connectivity index (χ1n) is 6.88. The van der Waals surface area contributed by atoms with Crippen molar-refractivity contribution in [2.24, 2.45) is 11.8 Å². The first kappa shape index (κ1) is 16.9. The van der Waals surface area contributed by atoms with Crippen LogP contribution in [0.15, 0.2) is 0 Å². The third kappa shape index (κ3) is 4.17. The molecule has 0 bridgehead atoms. The number of imide groups is 1. The van der Waals surface area contributed by atoms with Gasteiger partial charge >= 0.3 is 12.0 Å². The minimum atomic E-state index is -0.996. The summed E-state index contributed by atoms with van der Waals surface area (Å²) in [6, 6.07) is -1.32. The lowest BCUT2D eigenvalue weighted by Gasteiger charge is -2.33. The summed E-state index contributed by atoms with van der Waals surface area (Å²) in [5, 5.41) is 13.7. The minimum Gasteiger partial charge on any atom is -0.481 e. The van der Waals surface area contributed by atoms with Crippen molar-refractivity contribution in [1.29, 1.82) is 0 Å². The van der Waals surface area contributed by atoms with Gasteiger partial charge in [-0.3, -0.25) is 19.7 Å². The Morgan fingerprint density at radius 3 is 2.52 bits per heavy atom. The summed E-state index contributed by atoms with van der Waals surface area (Å²) in [5.74, 6) is -2.91. The Balaban J connectivity index is 2.70. The van der Waals surface area contributed by atoms with Crippen molar-refractivity contribution >= 4 is 23.8 Å². The average Bonchev–Trinajstić information content (AvgIpc) is 2.36. The van der Waals surface area contributed by atoms with Gasteiger partial charge in [0.05, 0.1) is 5.92 Å². The Morgan fingerprint density at radius 2 is 2.05 bits per heavy atom. The molecule has 0 aromatic carbocycles. The molecule has 21 heavy (non-hydrogen) atoms. The number of nitrogens with zero attached hydrogens (tertiary/aromatic N) is 1. The maximum Gasteiger partial charge on any atom is 0.318 e. The molecular formula is C13H21N3O5. The van der Waals surface area contributed by atoms with Crippen molar-refractivity contribution in [3.8, 4) is 0 Å². The van der Waals surface area contributed by atoms with Crippen molar-refractivity contribution in [2.75, 3.05) is 13.1 Å². The zero-order valence-corrected chi connectivity index (χ0v) is 12.4. The number of carbonyl (C=O) groups is 4. The highest BCUT2D eigenvalue weighted by Crippen LogP contribution is 2.12. The third-order valence-corrected chi connectivity index (χ3v) is 3.50. The molecule has 1 saturated heterocycles. The monoisotopic (exact) mass is 299 g/mol. The van der Waals surface area contributed by atoms with Crippen LogP contribution in [0.1, 0.15) is 27.2 Å². The summed E-state index contributed by atoms with van der Waals surface area (Å²) >= 11 is 0. The molecule has 0 aromatic heterocycles. The molecule has 1 fully saturated rings. The van der Waals surface area contributed by atoms with E-state index in [0.717, 1.165) is 4.90 Å². The van der Waals surface area contributed by atoms with Gasteiger partial charge in [-0.05, 0) is 12.3 Å². The van der Waals surface area contributed by atoms with Gasteiger partial charge in [-0.15, -0.1) is 0 Å². The van der Waals surface area contributed by atoms with E-state index in [-0.39, 0.29) is 19.0 Å². The Hall–Kier alpha value is -2.12. The summed E-state index contributed by atoms with van der Waals surface area (Å²) in [7, 11) is 0. The van der Waals surface area contributed by atoms with Gasteiger partial charge in [0.15, 0.2) is 0 Å². The average molecular weight is 299 g/mol. The molecule has 2 atom stereocenters. The smallest absolute Gasteiger partial charge is 0.318 e. The number of piperazine rings is 1. The lowest BCUT2D eigenvalue weighted by molar-refractivity contribution is -0.143. The van der Waals surface area contributed by atoms with Crippen molar-refractivity contribution in [3.63, 3.8) is 0 Å². The molecule has 1 heterocycles. The molecule has 0 spiro atoms. The Bertz CT molecular complexity index is 449. The molecule has 118 valence electrons. The SMILES string of the molecule is CCC1C(=O)NC(=O)CN1C(=O)NCC(C(=O)O)C(C)C. The van der Waals surface area contributed by atoms with Crippen molar-refractivity contribution in [3.05, 3.63) is 0 Å². The fourth-order valence-electron chi connectivity index (χ4n) is 2.19. The summed E-state index contributed by atoms with van der Waals surface area (Å²) < 4.78 is 0. The van der Waals surface area contributed by atoms with Crippen LogP contribution in [0.25, 0.3) is 0 Å². The zero-order chi connectivity index (χ0) is 16.2. The predicted octanol–water partition coefficient (Wildman–Crippen LogP) is -0.210. The highest BCUT2D eigenvalue weighted by atomic mass is 16.4. The van der Waals surface area contributed by atoms with Gasteiger partial charge in [0.1, 0.15) is 12.6 Å². The van der Waals surface area contributed by atoms with Crippen LogP contribution in [0.4, 0.5) is 4.79 Å². The van der Waals surface area contributed by atoms with E-state index in [9.17, 15) is 19.2 Å². The van der Waals surface area contributed by atoms with E-state index in [1.165, 1.54) is 0 Å². The molecule has 2 unspecified atom stereocenters. The number of amides is 4. The Labute approximate surface area is 122 Å². The molecule has 1 aliphatic heterocycles. The van der Waals surface area contributed by atoms with Gasteiger partial charge in [-0.2, -0.15) is 0 Å². The molecule has 0 saturated carbocycles. The zero-order valence-electron chi connectivity index (χ0n) is 12.4. The van der Waals surface area contributed by atoms with E-state index in [0.29, 0.717) is 6.42 Å². The summed E-state index contributed by atoms with van der Waals surface area (Å²) in [6.07, 6.45) is 0.374. The first-order chi connectivity index (χ1) is 9.77. The summed E-state index contributed by atoms with van der Waals surface area (Å²) in [4.78, 5) is 47.3. The van der Waals surface area contributed by atoms with E-state index in [4.69, 9.17) is 5.11 Å². The lowest BCUT2D eigenvalue weighted by atomic mass is 9.96. The van der Waals surface area contributed by atoms with Crippen LogP contribution in [0.3, 0.4) is 0 Å². The second-order valence-corrected chi connectivity index (χ2v) is 5.34. The highest BCUT2D eigenvalue weighted by Gasteiger charge is 2.36. The fourth-order valence-corrected chi connectivity index (χ4v) is 2.19. The van der Waals surface area contributed by atoms with Crippen LogP contribution in [0, 0.1) is 11.8 Å². The van der Waals surface area contributed by atoms with E-state index >= 15 is 0 Å². The number of nitrogens with one attached hydrogen (secondary N) is 2. The van der Waals surface area contributed by atoms with E-state index in [2.05, 4.69) is 10.6 Å². The number of carboxylic acids is 1. The second-order valence-electron chi connectivity index (χ2n) is 5.34. The van der Waals surface area contributed by atoms with Crippen LogP contribution in [-0.4, -0.2) is 53.0 Å². The number of aliphatic carboxylic acids is 1. The third-order valence-electron chi connectivity index (χ3n) is 3.50. The maximum absolute atomic E-state index is 12.1. The second kappa shape index (κ2) is 7.05. The molecule has 4 amide bonds. The van der Waals surface area contributed by atoms with Crippen LogP contribution in [0.5, 0.6) is 0 Å². The maximum atomic E-state index is 12.1. The van der Waals surface area contributed by atoms with Crippen molar-refractivity contribution < 1.29 is 24.3 Å². The van der Waals surface area contributed by atoms with Gasteiger partial charge in [0.2, 0.25) is 11.8 Å². The van der Waals surface area contributed by atoms with Gasteiger partial charge in [0.25, 0.3) is 0 Å².